The molecular formula is C15H17N3OS. The van der Waals surface area contributed by atoms with Gasteiger partial charge in [-0.25, -0.2) is 9.97 Å². The summed E-state index contributed by atoms with van der Waals surface area (Å²) >= 11 is 1.83. The third kappa shape index (κ3) is 3.10. The second kappa shape index (κ2) is 6.22. The lowest BCUT2D eigenvalue weighted by molar-refractivity contribution is -0.129. The van der Waals surface area contributed by atoms with Crippen molar-refractivity contribution in [2.24, 2.45) is 0 Å². The van der Waals surface area contributed by atoms with Gasteiger partial charge in [0.05, 0.1) is 5.88 Å². The quantitative estimate of drug-likeness (QED) is 0.866. The first-order chi connectivity index (χ1) is 9.83. The average Bonchev–Trinajstić information content (AvgIpc) is 3.01. The summed E-state index contributed by atoms with van der Waals surface area (Å²) < 4.78 is 0. The Labute approximate surface area is 122 Å². The van der Waals surface area contributed by atoms with E-state index in [1.165, 1.54) is 0 Å². The van der Waals surface area contributed by atoms with Gasteiger partial charge in [-0.05, 0) is 37.1 Å². The molecule has 0 saturated carbocycles. The SMILES string of the molecule is O=C(CCCc1ccc2cccnc2n1)N1CCSC1. The molecule has 104 valence electrons. The summed E-state index contributed by atoms with van der Waals surface area (Å²) in [4.78, 5) is 22.7. The van der Waals surface area contributed by atoms with Crippen molar-refractivity contribution >= 4 is 28.7 Å². The molecule has 1 fully saturated rings. The van der Waals surface area contributed by atoms with Crippen LogP contribution in [0.1, 0.15) is 18.5 Å². The number of aryl methyl sites for hydroxylation is 1. The van der Waals surface area contributed by atoms with Crippen molar-refractivity contribution in [3.63, 3.8) is 0 Å². The molecule has 2 aromatic rings. The normalized spacial score (nSPS) is 14.9. The number of nitrogens with zero attached hydrogens (tertiary/aromatic N) is 3. The van der Waals surface area contributed by atoms with Gasteiger partial charge in [0.15, 0.2) is 5.65 Å². The summed E-state index contributed by atoms with van der Waals surface area (Å²) in [5.74, 6) is 2.20. The van der Waals surface area contributed by atoms with E-state index in [0.29, 0.717) is 6.42 Å². The van der Waals surface area contributed by atoms with Crippen molar-refractivity contribution in [3.05, 3.63) is 36.2 Å². The highest BCUT2D eigenvalue weighted by Gasteiger charge is 2.17. The van der Waals surface area contributed by atoms with Crippen LogP contribution in [0.3, 0.4) is 0 Å². The summed E-state index contributed by atoms with van der Waals surface area (Å²) in [6.45, 7) is 0.904. The van der Waals surface area contributed by atoms with Crippen LogP contribution in [0.25, 0.3) is 11.0 Å². The van der Waals surface area contributed by atoms with E-state index < -0.39 is 0 Å². The van der Waals surface area contributed by atoms with E-state index in [9.17, 15) is 4.79 Å². The number of amides is 1. The van der Waals surface area contributed by atoms with Crippen molar-refractivity contribution in [2.75, 3.05) is 18.2 Å². The van der Waals surface area contributed by atoms with E-state index in [2.05, 4.69) is 9.97 Å². The molecule has 0 N–H and O–H groups in total. The number of carbonyl (C=O) groups is 1. The van der Waals surface area contributed by atoms with Gasteiger partial charge < -0.3 is 4.90 Å². The van der Waals surface area contributed by atoms with Crippen molar-refractivity contribution < 1.29 is 4.79 Å². The van der Waals surface area contributed by atoms with E-state index in [-0.39, 0.29) is 5.91 Å². The van der Waals surface area contributed by atoms with Crippen LogP contribution in [-0.2, 0) is 11.2 Å². The van der Waals surface area contributed by atoms with E-state index in [1.807, 2.05) is 40.9 Å². The van der Waals surface area contributed by atoms with E-state index >= 15 is 0 Å². The maximum atomic E-state index is 11.9. The standard InChI is InChI=1S/C15H17N3OS/c19-14(18-9-10-20-11-18)5-1-4-13-7-6-12-3-2-8-16-15(12)17-13/h2-3,6-8H,1,4-5,9-11H2. The number of thioether (sulfide) groups is 1. The Morgan fingerprint density at radius 2 is 2.30 bits per heavy atom. The molecule has 0 aliphatic carbocycles. The van der Waals surface area contributed by atoms with Gasteiger partial charge in [0.25, 0.3) is 0 Å². The van der Waals surface area contributed by atoms with Gasteiger partial charge in [-0.3, -0.25) is 4.79 Å². The number of aromatic nitrogens is 2. The minimum Gasteiger partial charge on any atom is -0.333 e. The number of fused-ring (bicyclic) bond motifs is 1. The number of pyridine rings is 2. The van der Waals surface area contributed by atoms with Gasteiger partial charge in [-0.2, -0.15) is 0 Å². The summed E-state index contributed by atoms with van der Waals surface area (Å²) in [6, 6.07) is 7.99. The first-order valence-electron chi connectivity index (χ1n) is 6.89. The predicted molar refractivity (Wildman–Crippen MR) is 81.5 cm³/mol. The third-order valence-corrected chi connectivity index (χ3v) is 4.42. The summed E-state index contributed by atoms with van der Waals surface area (Å²) in [7, 11) is 0. The topological polar surface area (TPSA) is 46.1 Å². The molecule has 5 heteroatoms. The van der Waals surface area contributed by atoms with Crippen molar-refractivity contribution in [1.82, 2.24) is 14.9 Å². The molecule has 1 aliphatic rings. The van der Waals surface area contributed by atoms with Crippen LogP contribution >= 0.6 is 11.8 Å². The Balaban J connectivity index is 1.55. The average molecular weight is 287 g/mol. The van der Waals surface area contributed by atoms with Crippen LogP contribution in [0.2, 0.25) is 0 Å². The molecule has 2 aromatic heterocycles. The summed E-state index contributed by atoms with van der Waals surface area (Å²) in [5.41, 5.74) is 1.80. The van der Waals surface area contributed by atoms with Crippen LogP contribution in [0.4, 0.5) is 0 Å². The molecule has 0 aromatic carbocycles. The van der Waals surface area contributed by atoms with Crippen molar-refractivity contribution in [2.45, 2.75) is 19.3 Å². The van der Waals surface area contributed by atoms with Gasteiger partial charge >= 0.3 is 0 Å². The summed E-state index contributed by atoms with van der Waals surface area (Å²) in [6.07, 6.45) is 4.06. The highest BCUT2D eigenvalue weighted by Crippen LogP contribution is 2.16. The Morgan fingerprint density at radius 3 is 3.15 bits per heavy atom. The number of hydrogen-bond acceptors (Lipinski definition) is 4. The zero-order valence-electron chi connectivity index (χ0n) is 11.3. The molecule has 1 saturated heterocycles. The van der Waals surface area contributed by atoms with Crippen LogP contribution in [-0.4, -0.2) is 38.9 Å². The maximum absolute atomic E-state index is 11.9. The highest BCUT2D eigenvalue weighted by atomic mass is 32.2. The molecule has 0 radical (unpaired) electrons. The van der Waals surface area contributed by atoms with Gasteiger partial charge in [0, 0.05) is 36.0 Å². The lowest BCUT2D eigenvalue weighted by atomic mass is 10.1. The lowest BCUT2D eigenvalue weighted by Crippen LogP contribution is -2.27. The molecule has 20 heavy (non-hydrogen) atoms. The largest absolute Gasteiger partial charge is 0.333 e. The highest BCUT2D eigenvalue weighted by molar-refractivity contribution is 7.99. The predicted octanol–water partition coefficient (Wildman–Crippen LogP) is 2.49. The van der Waals surface area contributed by atoms with E-state index in [0.717, 1.165) is 47.7 Å². The molecule has 0 atom stereocenters. The molecular weight excluding hydrogens is 270 g/mol. The molecule has 1 amide bonds. The van der Waals surface area contributed by atoms with Gasteiger partial charge in [0.1, 0.15) is 0 Å². The lowest BCUT2D eigenvalue weighted by Gasteiger charge is -2.13. The Morgan fingerprint density at radius 1 is 1.35 bits per heavy atom. The van der Waals surface area contributed by atoms with Crippen LogP contribution < -0.4 is 0 Å². The maximum Gasteiger partial charge on any atom is 0.223 e. The first kappa shape index (κ1) is 13.4. The molecule has 4 nitrogen and oxygen atoms in total. The molecule has 0 unspecified atom stereocenters. The zero-order valence-corrected chi connectivity index (χ0v) is 12.1. The zero-order chi connectivity index (χ0) is 13.8. The Bertz CT molecular complexity index is 611. The minimum absolute atomic E-state index is 0.272. The fourth-order valence-electron chi connectivity index (χ4n) is 2.32. The Hall–Kier alpha value is -1.62. The molecule has 3 heterocycles. The fraction of sp³-hybridized carbons (Fsp3) is 0.400. The molecule has 3 rings (SSSR count). The number of hydrogen-bond donors (Lipinski definition) is 0. The first-order valence-corrected chi connectivity index (χ1v) is 8.04. The monoisotopic (exact) mass is 287 g/mol. The van der Waals surface area contributed by atoms with Gasteiger partial charge in [0.2, 0.25) is 5.91 Å². The fourth-order valence-corrected chi connectivity index (χ4v) is 3.29. The Kier molecular flexibility index (Phi) is 4.16. The molecule has 1 aliphatic heterocycles. The van der Waals surface area contributed by atoms with Crippen molar-refractivity contribution in [1.29, 1.82) is 0 Å². The van der Waals surface area contributed by atoms with Crippen LogP contribution in [0, 0.1) is 0 Å². The van der Waals surface area contributed by atoms with Gasteiger partial charge in [-0.1, -0.05) is 0 Å². The smallest absolute Gasteiger partial charge is 0.223 e. The third-order valence-electron chi connectivity index (χ3n) is 3.45. The van der Waals surface area contributed by atoms with E-state index in [4.69, 9.17) is 0 Å². The van der Waals surface area contributed by atoms with E-state index in [1.54, 1.807) is 6.20 Å². The second-order valence-corrected chi connectivity index (χ2v) is 5.98. The summed E-state index contributed by atoms with van der Waals surface area (Å²) in [5, 5.41) is 1.06. The number of rotatable bonds is 4. The minimum atomic E-state index is 0.272. The van der Waals surface area contributed by atoms with Crippen LogP contribution in [0.5, 0.6) is 0 Å². The van der Waals surface area contributed by atoms with Gasteiger partial charge in [-0.15, -0.1) is 11.8 Å². The van der Waals surface area contributed by atoms with Crippen LogP contribution in [0.15, 0.2) is 30.5 Å². The molecule has 0 bridgehead atoms. The number of carbonyl (C=O) groups excluding carboxylic acids is 1. The molecule has 0 spiro atoms. The second-order valence-electron chi connectivity index (χ2n) is 4.90. The van der Waals surface area contributed by atoms with Crippen molar-refractivity contribution in [3.8, 4) is 0 Å².